The maximum atomic E-state index is 12.8. The Morgan fingerprint density at radius 3 is 2.19 bits per heavy atom. The number of hydrogen-bond donors (Lipinski definition) is 1. The van der Waals surface area contributed by atoms with Gasteiger partial charge in [-0.3, -0.25) is 14.4 Å². The van der Waals surface area contributed by atoms with Gasteiger partial charge >= 0.3 is 5.97 Å². The lowest BCUT2D eigenvalue weighted by atomic mass is 9.98. The molecule has 0 saturated heterocycles. The van der Waals surface area contributed by atoms with Crippen molar-refractivity contribution in [3.8, 4) is 0 Å². The van der Waals surface area contributed by atoms with Crippen LogP contribution in [0.1, 0.15) is 39.2 Å². The summed E-state index contributed by atoms with van der Waals surface area (Å²) in [7, 11) is -4.13. The summed E-state index contributed by atoms with van der Waals surface area (Å²) in [6.45, 7) is 3.79. The van der Waals surface area contributed by atoms with Gasteiger partial charge in [0.05, 0.1) is 11.7 Å². The van der Waals surface area contributed by atoms with E-state index in [0.29, 0.717) is 10.7 Å². The SMILES string of the molecule is CCC(=O)N(C(C(C)=O)C(C)C(=O)O)S(=O)(=O)CCCc1ccccc1. The van der Waals surface area contributed by atoms with E-state index in [1.807, 2.05) is 30.3 Å². The van der Waals surface area contributed by atoms with Gasteiger partial charge in [-0.2, -0.15) is 0 Å². The van der Waals surface area contributed by atoms with Crippen molar-refractivity contribution >= 4 is 27.7 Å². The zero-order valence-corrected chi connectivity index (χ0v) is 16.0. The third-order valence-corrected chi connectivity index (χ3v) is 5.93. The second-order valence-electron chi connectivity index (χ2n) is 6.13. The minimum atomic E-state index is -4.13. The first-order valence-corrected chi connectivity index (χ1v) is 10.0. The molecular weight excluding hydrogens is 358 g/mol. The fourth-order valence-corrected chi connectivity index (χ4v) is 4.52. The third-order valence-electron chi connectivity index (χ3n) is 4.09. The van der Waals surface area contributed by atoms with Crippen LogP contribution >= 0.6 is 0 Å². The third kappa shape index (κ3) is 5.66. The first kappa shape index (κ1) is 21.8. The molecule has 1 aromatic carbocycles. The highest BCUT2D eigenvalue weighted by Crippen LogP contribution is 2.20. The Bertz CT molecular complexity index is 744. The molecule has 0 aliphatic carbocycles. The van der Waals surface area contributed by atoms with Crippen molar-refractivity contribution in [3.05, 3.63) is 35.9 Å². The predicted molar refractivity (Wildman–Crippen MR) is 97.0 cm³/mol. The molecule has 0 spiro atoms. The molecule has 1 amide bonds. The van der Waals surface area contributed by atoms with E-state index in [0.717, 1.165) is 12.5 Å². The van der Waals surface area contributed by atoms with Gasteiger partial charge in [-0.05, 0) is 32.3 Å². The van der Waals surface area contributed by atoms with Gasteiger partial charge in [0.1, 0.15) is 6.04 Å². The highest BCUT2D eigenvalue weighted by atomic mass is 32.2. The lowest BCUT2D eigenvalue weighted by Gasteiger charge is -2.31. The van der Waals surface area contributed by atoms with E-state index in [4.69, 9.17) is 0 Å². The summed E-state index contributed by atoms with van der Waals surface area (Å²) in [6.07, 6.45) is 0.605. The second-order valence-corrected chi connectivity index (χ2v) is 8.10. The number of rotatable bonds is 10. The van der Waals surface area contributed by atoms with Crippen molar-refractivity contribution in [1.29, 1.82) is 0 Å². The Morgan fingerprint density at radius 1 is 1.15 bits per heavy atom. The number of hydrogen-bond acceptors (Lipinski definition) is 5. The van der Waals surface area contributed by atoms with Crippen molar-refractivity contribution in [2.45, 2.75) is 46.1 Å². The van der Waals surface area contributed by atoms with E-state index >= 15 is 0 Å². The van der Waals surface area contributed by atoms with Crippen molar-refractivity contribution < 1.29 is 27.9 Å². The zero-order chi connectivity index (χ0) is 19.9. The number of carboxylic acids is 1. The molecule has 8 heteroatoms. The lowest BCUT2D eigenvalue weighted by Crippen LogP contribution is -2.53. The van der Waals surface area contributed by atoms with Gasteiger partial charge in [-0.25, -0.2) is 12.7 Å². The van der Waals surface area contributed by atoms with Crippen LogP contribution in [0.5, 0.6) is 0 Å². The van der Waals surface area contributed by atoms with Gasteiger partial charge < -0.3 is 5.11 Å². The number of ketones is 1. The van der Waals surface area contributed by atoms with Crippen LogP contribution in [0.3, 0.4) is 0 Å². The number of aryl methyl sites for hydroxylation is 1. The average molecular weight is 383 g/mol. The largest absolute Gasteiger partial charge is 0.481 e. The molecule has 2 atom stereocenters. The Kier molecular flexibility index (Phi) is 7.95. The molecule has 0 saturated carbocycles. The van der Waals surface area contributed by atoms with Crippen LogP contribution in [0.25, 0.3) is 0 Å². The smallest absolute Gasteiger partial charge is 0.308 e. The van der Waals surface area contributed by atoms with Gasteiger partial charge in [0.15, 0.2) is 5.78 Å². The Hall–Kier alpha value is -2.22. The van der Waals surface area contributed by atoms with Crippen molar-refractivity contribution in [2.75, 3.05) is 5.75 Å². The van der Waals surface area contributed by atoms with Crippen LogP contribution in [-0.4, -0.2) is 47.3 Å². The highest BCUT2D eigenvalue weighted by molar-refractivity contribution is 7.89. The maximum Gasteiger partial charge on any atom is 0.308 e. The molecular formula is C18H25NO6S. The molecule has 144 valence electrons. The number of amides is 1. The number of aliphatic carboxylic acids is 1. The van der Waals surface area contributed by atoms with Gasteiger partial charge in [-0.1, -0.05) is 37.3 Å². The summed E-state index contributed by atoms with van der Waals surface area (Å²) < 4.78 is 26.0. The summed E-state index contributed by atoms with van der Waals surface area (Å²) in [4.78, 5) is 35.5. The molecule has 0 aliphatic heterocycles. The van der Waals surface area contributed by atoms with Gasteiger partial charge in [0.25, 0.3) is 0 Å². The van der Waals surface area contributed by atoms with Crippen LogP contribution in [0.15, 0.2) is 30.3 Å². The first-order chi connectivity index (χ1) is 12.1. The number of carbonyl (C=O) groups is 3. The number of carboxylic acid groups (broad SMARTS) is 1. The fraction of sp³-hybridized carbons (Fsp3) is 0.500. The lowest BCUT2D eigenvalue weighted by molar-refractivity contribution is -0.147. The minimum Gasteiger partial charge on any atom is -0.481 e. The zero-order valence-electron chi connectivity index (χ0n) is 15.2. The Labute approximate surface area is 154 Å². The summed E-state index contributed by atoms with van der Waals surface area (Å²) in [5, 5.41) is 9.21. The summed E-state index contributed by atoms with van der Waals surface area (Å²) in [5.74, 6) is -4.46. The van der Waals surface area contributed by atoms with Gasteiger partial charge in [0, 0.05) is 6.42 Å². The molecule has 2 unspecified atom stereocenters. The van der Waals surface area contributed by atoms with Crippen molar-refractivity contribution in [2.24, 2.45) is 5.92 Å². The number of nitrogens with zero attached hydrogens (tertiary/aromatic N) is 1. The van der Waals surface area contributed by atoms with Gasteiger partial charge in [-0.15, -0.1) is 0 Å². The summed E-state index contributed by atoms with van der Waals surface area (Å²) in [6, 6.07) is 7.74. The number of sulfonamides is 1. The molecule has 7 nitrogen and oxygen atoms in total. The van der Waals surface area contributed by atoms with Gasteiger partial charge in [0.2, 0.25) is 15.9 Å². The van der Waals surface area contributed by atoms with E-state index in [9.17, 15) is 27.9 Å². The van der Waals surface area contributed by atoms with Crippen LogP contribution < -0.4 is 0 Å². The topological polar surface area (TPSA) is 109 Å². The van der Waals surface area contributed by atoms with E-state index < -0.39 is 39.6 Å². The van der Waals surface area contributed by atoms with E-state index in [1.54, 1.807) is 0 Å². The molecule has 0 bridgehead atoms. The molecule has 1 aromatic rings. The molecule has 0 aromatic heterocycles. The molecule has 0 heterocycles. The monoisotopic (exact) mass is 383 g/mol. The van der Waals surface area contributed by atoms with Crippen molar-refractivity contribution in [1.82, 2.24) is 4.31 Å². The molecule has 1 rings (SSSR count). The van der Waals surface area contributed by atoms with E-state index in [1.165, 1.54) is 13.8 Å². The molecule has 26 heavy (non-hydrogen) atoms. The van der Waals surface area contributed by atoms with Crippen LogP contribution in [0, 0.1) is 5.92 Å². The maximum absolute atomic E-state index is 12.8. The Balaban J connectivity index is 3.06. The predicted octanol–water partition coefficient (Wildman–Crippen LogP) is 1.87. The summed E-state index contributed by atoms with van der Waals surface area (Å²) in [5.41, 5.74) is 0.957. The quantitative estimate of drug-likeness (QED) is 0.661. The van der Waals surface area contributed by atoms with Crippen LogP contribution in [-0.2, 0) is 30.8 Å². The number of Topliss-reactive ketones (excluding diaryl/α,β-unsaturated/α-hetero) is 1. The van der Waals surface area contributed by atoms with Crippen LogP contribution in [0.2, 0.25) is 0 Å². The normalized spacial score (nSPS) is 13.7. The fourth-order valence-electron chi connectivity index (χ4n) is 2.70. The number of carbonyl (C=O) groups excluding carboxylic acids is 2. The highest BCUT2D eigenvalue weighted by Gasteiger charge is 2.41. The minimum absolute atomic E-state index is 0.145. The van der Waals surface area contributed by atoms with E-state index in [-0.39, 0.29) is 18.6 Å². The standard InChI is InChI=1S/C18H25NO6S/c1-4-16(21)19(17(14(3)20)13(2)18(22)23)26(24,25)12-8-11-15-9-6-5-7-10-15/h5-7,9-10,13,17H,4,8,11-12H2,1-3H3,(H,22,23). The Morgan fingerprint density at radius 2 is 1.73 bits per heavy atom. The molecule has 0 radical (unpaired) electrons. The molecule has 1 N–H and O–H groups in total. The summed E-state index contributed by atoms with van der Waals surface area (Å²) >= 11 is 0. The molecule has 0 fully saturated rings. The first-order valence-electron chi connectivity index (χ1n) is 8.44. The van der Waals surface area contributed by atoms with E-state index in [2.05, 4.69) is 0 Å². The second kappa shape index (κ2) is 9.47. The average Bonchev–Trinajstić information content (AvgIpc) is 2.58. The van der Waals surface area contributed by atoms with Crippen LogP contribution in [0.4, 0.5) is 0 Å². The number of benzene rings is 1. The van der Waals surface area contributed by atoms with Crippen molar-refractivity contribution in [3.63, 3.8) is 0 Å². The molecule has 0 aliphatic rings.